The molecule has 0 fully saturated rings. The number of hydrogen-bond acceptors (Lipinski definition) is 9. The van der Waals surface area contributed by atoms with Crippen molar-refractivity contribution in [2.24, 2.45) is 0 Å². The highest BCUT2D eigenvalue weighted by Crippen LogP contribution is 2.36. The molecule has 9 nitrogen and oxygen atoms in total. The zero-order valence-corrected chi connectivity index (χ0v) is 12.6. The average molecular weight is 323 g/mol. The van der Waals surface area contributed by atoms with Crippen LogP contribution in [-0.4, -0.2) is 29.9 Å². The number of nitriles is 2. The van der Waals surface area contributed by atoms with Gasteiger partial charge >= 0.3 is 0 Å². The van der Waals surface area contributed by atoms with Crippen LogP contribution in [0.3, 0.4) is 0 Å². The Bertz CT molecular complexity index is 825. The molecule has 0 bridgehead atoms. The van der Waals surface area contributed by atoms with E-state index in [2.05, 4.69) is 15.3 Å². The largest absolute Gasteiger partial charge is 0.454 e. The Kier molecular flexibility index (Phi) is 4.17. The van der Waals surface area contributed by atoms with Crippen LogP contribution >= 0.6 is 0 Å². The van der Waals surface area contributed by atoms with Crippen LogP contribution in [0, 0.1) is 22.7 Å². The first-order valence-electron chi connectivity index (χ1n) is 6.99. The maximum Gasteiger partial charge on any atom is 0.231 e. The molecule has 0 spiro atoms. The van der Waals surface area contributed by atoms with Crippen molar-refractivity contribution in [2.75, 3.05) is 35.8 Å². The zero-order valence-electron chi connectivity index (χ0n) is 12.6. The minimum atomic E-state index is -0.00175. The summed E-state index contributed by atoms with van der Waals surface area (Å²) in [6.07, 6.45) is 1.32. The number of hydrogen-bond donors (Lipinski definition) is 2. The lowest BCUT2D eigenvalue weighted by atomic mass is 10.2. The van der Waals surface area contributed by atoms with E-state index in [9.17, 15) is 0 Å². The van der Waals surface area contributed by atoms with Crippen LogP contribution < -0.4 is 25.4 Å². The topological polar surface area (TPSA) is 133 Å². The molecule has 24 heavy (non-hydrogen) atoms. The van der Waals surface area contributed by atoms with E-state index in [0.29, 0.717) is 28.8 Å². The van der Waals surface area contributed by atoms with Gasteiger partial charge in [-0.2, -0.15) is 10.5 Å². The van der Waals surface area contributed by atoms with Gasteiger partial charge in [0.1, 0.15) is 25.1 Å². The number of anilines is 4. The molecular weight excluding hydrogens is 310 g/mol. The van der Waals surface area contributed by atoms with E-state index in [0.717, 1.165) is 0 Å². The third-order valence-corrected chi connectivity index (χ3v) is 3.32. The number of nitrogens with two attached hydrogens (primary N) is 1. The second-order valence-electron chi connectivity index (χ2n) is 4.82. The molecule has 3 N–H and O–H groups in total. The number of ether oxygens (including phenoxy) is 2. The Morgan fingerprint density at radius 3 is 2.67 bits per heavy atom. The quantitative estimate of drug-likeness (QED) is 0.783. The van der Waals surface area contributed by atoms with Crippen molar-refractivity contribution in [3.05, 3.63) is 24.5 Å². The summed E-state index contributed by atoms with van der Waals surface area (Å²) in [5.74, 6) is 2.01. The number of nitrogens with one attached hydrogen (secondary N) is 1. The first-order valence-corrected chi connectivity index (χ1v) is 6.99. The fourth-order valence-electron chi connectivity index (χ4n) is 2.23. The molecule has 1 aliphatic heterocycles. The highest BCUT2D eigenvalue weighted by molar-refractivity contribution is 5.79. The molecule has 0 amide bonds. The summed E-state index contributed by atoms with van der Waals surface area (Å²) in [6, 6.07) is 9.32. The summed E-state index contributed by atoms with van der Waals surface area (Å²) in [5.41, 5.74) is 7.06. The molecule has 0 saturated heterocycles. The molecule has 0 unspecified atom stereocenters. The van der Waals surface area contributed by atoms with E-state index in [-0.39, 0.29) is 25.6 Å². The fourth-order valence-corrected chi connectivity index (χ4v) is 2.23. The second kappa shape index (κ2) is 6.58. The normalized spacial score (nSPS) is 11.4. The van der Waals surface area contributed by atoms with Crippen molar-refractivity contribution in [2.45, 2.75) is 0 Å². The van der Waals surface area contributed by atoms with Gasteiger partial charge in [0, 0.05) is 11.8 Å². The lowest BCUT2D eigenvalue weighted by Crippen LogP contribution is -2.26. The van der Waals surface area contributed by atoms with Crippen LogP contribution in [-0.2, 0) is 0 Å². The summed E-state index contributed by atoms with van der Waals surface area (Å²) >= 11 is 0. The summed E-state index contributed by atoms with van der Waals surface area (Å²) in [7, 11) is 0. The molecule has 3 rings (SSSR count). The van der Waals surface area contributed by atoms with Gasteiger partial charge in [-0.15, -0.1) is 0 Å². The Labute approximate surface area is 137 Å². The number of aromatic nitrogens is 2. The number of fused-ring (bicyclic) bond motifs is 1. The molecular formula is C15H13N7O2. The molecule has 0 aliphatic carbocycles. The summed E-state index contributed by atoms with van der Waals surface area (Å²) in [4.78, 5) is 9.67. The fraction of sp³-hybridized carbons (Fsp3) is 0.200. The van der Waals surface area contributed by atoms with E-state index < -0.39 is 0 Å². The van der Waals surface area contributed by atoms with E-state index in [4.69, 9.17) is 25.7 Å². The number of nitrogens with zero attached hydrogens (tertiary/aromatic N) is 5. The van der Waals surface area contributed by atoms with Gasteiger partial charge in [0.15, 0.2) is 23.1 Å². The van der Waals surface area contributed by atoms with E-state index >= 15 is 0 Å². The van der Waals surface area contributed by atoms with Gasteiger partial charge in [0.05, 0.1) is 12.1 Å². The summed E-state index contributed by atoms with van der Waals surface area (Å²) in [5, 5.41) is 20.8. The molecule has 9 heteroatoms. The number of rotatable bonds is 5. The van der Waals surface area contributed by atoms with Gasteiger partial charge in [0.25, 0.3) is 0 Å². The van der Waals surface area contributed by atoms with Crippen LogP contribution in [0.2, 0.25) is 0 Å². The minimum absolute atomic E-state index is 0.00175. The van der Waals surface area contributed by atoms with Crippen LogP contribution in [0.4, 0.5) is 23.0 Å². The van der Waals surface area contributed by atoms with Crippen LogP contribution in [0.25, 0.3) is 0 Å². The Morgan fingerprint density at radius 2 is 1.92 bits per heavy atom. The van der Waals surface area contributed by atoms with Crippen molar-refractivity contribution >= 4 is 23.0 Å². The van der Waals surface area contributed by atoms with Gasteiger partial charge in [-0.1, -0.05) is 0 Å². The summed E-state index contributed by atoms with van der Waals surface area (Å²) in [6.45, 7) is 0.187. The Balaban J connectivity index is 1.88. The highest BCUT2D eigenvalue weighted by atomic mass is 16.7. The second-order valence-corrected chi connectivity index (χ2v) is 4.82. The molecule has 1 aliphatic rings. The smallest absolute Gasteiger partial charge is 0.231 e. The Hall–Kier alpha value is -3.72. The van der Waals surface area contributed by atoms with Crippen LogP contribution in [0.1, 0.15) is 0 Å². The van der Waals surface area contributed by atoms with E-state index in [1.165, 1.54) is 11.2 Å². The number of nitrogen functional groups attached to an aromatic ring is 1. The molecule has 2 heterocycles. The SMILES string of the molecule is N#CCN(CC#N)c1ncnc(Nc2ccc3c(c2)OCO3)c1N. The predicted octanol–water partition coefficient (Wildman–Crippen LogP) is 1.38. The maximum absolute atomic E-state index is 8.88. The molecule has 0 saturated carbocycles. The highest BCUT2D eigenvalue weighted by Gasteiger charge is 2.17. The molecule has 120 valence electrons. The standard InChI is InChI=1S/C15H13N7O2/c16-3-5-22(6-4-17)15-13(18)14(19-8-20-15)21-10-1-2-11-12(7-10)24-9-23-11/h1-2,7-8H,5-6,9,18H2,(H,19,20,21). The summed E-state index contributed by atoms with van der Waals surface area (Å²) < 4.78 is 10.6. The monoisotopic (exact) mass is 323 g/mol. The minimum Gasteiger partial charge on any atom is -0.454 e. The first kappa shape index (κ1) is 15.2. The van der Waals surface area contributed by atoms with Crippen molar-refractivity contribution in [1.29, 1.82) is 10.5 Å². The first-order chi connectivity index (χ1) is 11.7. The van der Waals surface area contributed by atoms with Gasteiger partial charge < -0.3 is 25.4 Å². The third-order valence-electron chi connectivity index (χ3n) is 3.32. The molecule has 1 aromatic carbocycles. The van der Waals surface area contributed by atoms with E-state index in [1.54, 1.807) is 18.2 Å². The van der Waals surface area contributed by atoms with Gasteiger partial charge in [-0.05, 0) is 12.1 Å². The molecule has 1 aromatic heterocycles. The molecule has 0 atom stereocenters. The maximum atomic E-state index is 8.88. The lowest BCUT2D eigenvalue weighted by molar-refractivity contribution is 0.174. The molecule has 2 aromatic rings. The van der Waals surface area contributed by atoms with Crippen molar-refractivity contribution < 1.29 is 9.47 Å². The predicted molar refractivity (Wildman–Crippen MR) is 85.7 cm³/mol. The van der Waals surface area contributed by atoms with Gasteiger partial charge in [0.2, 0.25) is 6.79 Å². The average Bonchev–Trinajstić information content (AvgIpc) is 3.04. The lowest BCUT2D eigenvalue weighted by Gasteiger charge is -2.20. The third kappa shape index (κ3) is 2.91. The van der Waals surface area contributed by atoms with E-state index in [1.807, 2.05) is 12.1 Å². The van der Waals surface area contributed by atoms with Gasteiger partial charge in [-0.25, -0.2) is 9.97 Å². The van der Waals surface area contributed by atoms with Crippen molar-refractivity contribution in [3.8, 4) is 23.6 Å². The van der Waals surface area contributed by atoms with Gasteiger partial charge in [-0.3, -0.25) is 0 Å². The van der Waals surface area contributed by atoms with Crippen molar-refractivity contribution in [1.82, 2.24) is 9.97 Å². The van der Waals surface area contributed by atoms with Crippen LogP contribution in [0.5, 0.6) is 11.5 Å². The zero-order chi connectivity index (χ0) is 16.9. The number of benzene rings is 1. The van der Waals surface area contributed by atoms with Crippen molar-refractivity contribution in [3.63, 3.8) is 0 Å². The Morgan fingerprint density at radius 1 is 1.17 bits per heavy atom. The van der Waals surface area contributed by atoms with Crippen LogP contribution in [0.15, 0.2) is 24.5 Å². The molecule has 0 radical (unpaired) electrons.